The zero-order valence-electron chi connectivity index (χ0n) is 8.97. The van der Waals surface area contributed by atoms with Crippen molar-refractivity contribution in [2.75, 3.05) is 13.1 Å². The molecule has 1 saturated heterocycles. The first-order valence-corrected chi connectivity index (χ1v) is 6.10. The van der Waals surface area contributed by atoms with E-state index in [1.165, 1.54) is 58.0 Å². The van der Waals surface area contributed by atoms with Gasteiger partial charge in [-0.2, -0.15) is 0 Å². The van der Waals surface area contributed by atoms with Gasteiger partial charge in [-0.05, 0) is 38.1 Å². The van der Waals surface area contributed by atoms with Crippen LogP contribution in [0.3, 0.4) is 0 Å². The molecule has 0 bridgehead atoms. The molecule has 1 unspecified atom stereocenters. The second-order valence-electron chi connectivity index (χ2n) is 5.03. The standard InChI is InChI=1S/C12H23N/c1-11-6-4-5-9-13(10-11)12-7-2-3-8-12/h11-12H,2-10H2,1H3. The predicted octanol–water partition coefficient (Wildman–Crippen LogP) is 3.05. The maximum atomic E-state index is 2.78. The van der Waals surface area contributed by atoms with Crippen LogP contribution in [-0.4, -0.2) is 24.0 Å². The first-order chi connectivity index (χ1) is 6.36. The average molecular weight is 181 g/mol. The zero-order chi connectivity index (χ0) is 9.10. The van der Waals surface area contributed by atoms with Crippen LogP contribution < -0.4 is 0 Å². The first-order valence-electron chi connectivity index (χ1n) is 6.10. The lowest BCUT2D eigenvalue weighted by Gasteiger charge is -2.28. The summed E-state index contributed by atoms with van der Waals surface area (Å²) in [5, 5.41) is 0. The molecule has 1 heterocycles. The molecule has 0 aromatic carbocycles. The summed E-state index contributed by atoms with van der Waals surface area (Å²) < 4.78 is 0. The van der Waals surface area contributed by atoms with Crippen LogP contribution in [0.5, 0.6) is 0 Å². The topological polar surface area (TPSA) is 3.24 Å². The van der Waals surface area contributed by atoms with Gasteiger partial charge in [0.05, 0.1) is 0 Å². The lowest BCUT2D eigenvalue weighted by molar-refractivity contribution is 0.186. The third-order valence-electron chi connectivity index (χ3n) is 3.78. The molecule has 2 aliphatic rings. The van der Waals surface area contributed by atoms with E-state index in [2.05, 4.69) is 11.8 Å². The molecular formula is C12H23N. The quantitative estimate of drug-likeness (QED) is 0.601. The van der Waals surface area contributed by atoms with Gasteiger partial charge in [0.1, 0.15) is 0 Å². The lowest BCUT2D eigenvalue weighted by atomic mass is 10.1. The van der Waals surface area contributed by atoms with Crippen molar-refractivity contribution in [3.8, 4) is 0 Å². The van der Waals surface area contributed by atoms with Crippen molar-refractivity contribution >= 4 is 0 Å². The van der Waals surface area contributed by atoms with Crippen molar-refractivity contribution in [3.05, 3.63) is 0 Å². The molecule has 0 N–H and O–H groups in total. The summed E-state index contributed by atoms with van der Waals surface area (Å²) >= 11 is 0. The summed E-state index contributed by atoms with van der Waals surface area (Å²) in [4.78, 5) is 2.78. The zero-order valence-corrected chi connectivity index (χ0v) is 8.97. The second-order valence-corrected chi connectivity index (χ2v) is 5.03. The Morgan fingerprint density at radius 2 is 1.62 bits per heavy atom. The molecule has 1 aliphatic carbocycles. The fourth-order valence-electron chi connectivity index (χ4n) is 2.99. The Labute approximate surface area is 82.5 Å². The van der Waals surface area contributed by atoms with Crippen molar-refractivity contribution in [1.29, 1.82) is 0 Å². The van der Waals surface area contributed by atoms with Crippen LogP contribution in [0, 0.1) is 5.92 Å². The Bertz CT molecular complexity index is 149. The van der Waals surface area contributed by atoms with E-state index in [0.29, 0.717) is 0 Å². The fourth-order valence-corrected chi connectivity index (χ4v) is 2.99. The smallest absolute Gasteiger partial charge is 0.00953 e. The van der Waals surface area contributed by atoms with E-state index in [1.807, 2.05) is 0 Å². The lowest BCUT2D eigenvalue weighted by Crippen LogP contribution is -2.35. The van der Waals surface area contributed by atoms with Crippen molar-refractivity contribution < 1.29 is 0 Å². The molecule has 13 heavy (non-hydrogen) atoms. The number of hydrogen-bond acceptors (Lipinski definition) is 1. The van der Waals surface area contributed by atoms with E-state index < -0.39 is 0 Å². The molecule has 0 aromatic rings. The van der Waals surface area contributed by atoms with E-state index in [-0.39, 0.29) is 0 Å². The van der Waals surface area contributed by atoms with Crippen LogP contribution in [0.15, 0.2) is 0 Å². The van der Waals surface area contributed by atoms with Crippen LogP contribution in [0.25, 0.3) is 0 Å². The summed E-state index contributed by atoms with van der Waals surface area (Å²) in [5.74, 6) is 0.947. The predicted molar refractivity (Wildman–Crippen MR) is 56.8 cm³/mol. The number of hydrogen-bond donors (Lipinski definition) is 0. The van der Waals surface area contributed by atoms with Gasteiger partial charge in [0.15, 0.2) is 0 Å². The fraction of sp³-hybridized carbons (Fsp3) is 1.00. The molecule has 1 saturated carbocycles. The van der Waals surface area contributed by atoms with Gasteiger partial charge in [0.2, 0.25) is 0 Å². The molecule has 1 atom stereocenters. The number of nitrogens with zero attached hydrogens (tertiary/aromatic N) is 1. The van der Waals surface area contributed by atoms with Gasteiger partial charge in [-0.3, -0.25) is 0 Å². The van der Waals surface area contributed by atoms with Gasteiger partial charge < -0.3 is 4.90 Å². The van der Waals surface area contributed by atoms with Crippen molar-refractivity contribution in [1.82, 2.24) is 4.90 Å². The number of rotatable bonds is 1. The molecule has 1 aliphatic heterocycles. The molecule has 0 radical (unpaired) electrons. The number of likely N-dealkylation sites (tertiary alicyclic amines) is 1. The third-order valence-corrected chi connectivity index (χ3v) is 3.78. The summed E-state index contributed by atoms with van der Waals surface area (Å²) in [5.41, 5.74) is 0. The van der Waals surface area contributed by atoms with E-state index >= 15 is 0 Å². The molecule has 1 heteroatoms. The highest BCUT2D eigenvalue weighted by Crippen LogP contribution is 2.27. The van der Waals surface area contributed by atoms with Crippen molar-refractivity contribution in [2.24, 2.45) is 5.92 Å². The molecule has 0 amide bonds. The van der Waals surface area contributed by atoms with Crippen LogP contribution in [0.4, 0.5) is 0 Å². The monoisotopic (exact) mass is 181 g/mol. The average Bonchev–Trinajstić information content (AvgIpc) is 2.56. The van der Waals surface area contributed by atoms with Gasteiger partial charge in [-0.25, -0.2) is 0 Å². The van der Waals surface area contributed by atoms with E-state index in [0.717, 1.165) is 12.0 Å². The Balaban J connectivity index is 1.88. The van der Waals surface area contributed by atoms with Crippen LogP contribution >= 0.6 is 0 Å². The molecule has 0 aromatic heterocycles. The van der Waals surface area contributed by atoms with E-state index in [4.69, 9.17) is 0 Å². The van der Waals surface area contributed by atoms with Crippen molar-refractivity contribution in [3.63, 3.8) is 0 Å². The summed E-state index contributed by atoms with van der Waals surface area (Å²) in [7, 11) is 0. The maximum absolute atomic E-state index is 2.78. The highest BCUT2D eigenvalue weighted by Gasteiger charge is 2.24. The van der Waals surface area contributed by atoms with Crippen LogP contribution in [-0.2, 0) is 0 Å². The van der Waals surface area contributed by atoms with Crippen LogP contribution in [0.1, 0.15) is 51.9 Å². The first kappa shape index (κ1) is 9.51. The normalized spacial score (nSPS) is 33.5. The Morgan fingerprint density at radius 1 is 0.923 bits per heavy atom. The van der Waals surface area contributed by atoms with E-state index in [9.17, 15) is 0 Å². The molecule has 2 fully saturated rings. The minimum absolute atomic E-state index is 0.947. The largest absolute Gasteiger partial charge is 0.300 e. The van der Waals surface area contributed by atoms with Gasteiger partial charge in [0, 0.05) is 12.6 Å². The van der Waals surface area contributed by atoms with Crippen molar-refractivity contribution in [2.45, 2.75) is 57.9 Å². The van der Waals surface area contributed by atoms with E-state index in [1.54, 1.807) is 0 Å². The Kier molecular flexibility index (Phi) is 3.26. The van der Waals surface area contributed by atoms with Crippen LogP contribution in [0.2, 0.25) is 0 Å². The van der Waals surface area contributed by atoms with Gasteiger partial charge in [0.25, 0.3) is 0 Å². The summed E-state index contributed by atoms with van der Waals surface area (Å²) in [6.07, 6.45) is 10.3. The summed E-state index contributed by atoms with van der Waals surface area (Å²) in [6.45, 7) is 5.19. The Morgan fingerprint density at radius 3 is 2.38 bits per heavy atom. The molecule has 1 nitrogen and oxygen atoms in total. The van der Waals surface area contributed by atoms with Gasteiger partial charge >= 0.3 is 0 Å². The highest BCUT2D eigenvalue weighted by molar-refractivity contribution is 4.80. The minimum atomic E-state index is 0.947. The molecule has 0 spiro atoms. The molecule has 2 rings (SSSR count). The highest BCUT2D eigenvalue weighted by atomic mass is 15.2. The molecular weight excluding hydrogens is 158 g/mol. The summed E-state index contributed by atoms with van der Waals surface area (Å²) in [6, 6.07) is 0.959. The maximum Gasteiger partial charge on any atom is 0.00953 e. The van der Waals surface area contributed by atoms with Gasteiger partial charge in [-0.15, -0.1) is 0 Å². The second kappa shape index (κ2) is 4.45. The SMILES string of the molecule is CC1CCCCN(C2CCCC2)C1. The Hall–Kier alpha value is -0.0400. The molecule has 76 valence electrons. The minimum Gasteiger partial charge on any atom is -0.300 e. The third kappa shape index (κ3) is 2.46. The van der Waals surface area contributed by atoms with Gasteiger partial charge in [-0.1, -0.05) is 26.2 Å².